The molecule has 0 unspecified atom stereocenters. The van der Waals surface area contributed by atoms with Gasteiger partial charge in [0.15, 0.2) is 0 Å². The lowest BCUT2D eigenvalue weighted by Crippen LogP contribution is -2.31. The summed E-state index contributed by atoms with van der Waals surface area (Å²) in [6.45, 7) is 0.659. The molecule has 0 aliphatic carbocycles. The minimum absolute atomic E-state index is 0.109. The summed E-state index contributed by atoms with van der Waals surface area (Å²) in [6.07, 6.45) is 5.82. The molecule has 3 rings (SSSR count). The van der Waals surface area contributed by atoms with E-state index in [2.05, 4.69) is 16.1 Å². The summed E-state index contributed by atoms with van der Waals surface area (Å²) in [5.41, 5.74) is 1.26. The Balaban J connectivity index is 1.62. The lowest BCUT2D eigenvalue weighted by molar-refractivity contribution is -0.131. The van der Waals surface area contributed by atoms with E-state index in [0.717, 1.165) is 5.56 Å². The number of halogens is 1. The normalized spacial score (nSPS) is 10.4. The van der Waals surface area contributed by atoms with Gasteiger partial charge in [0.2, 0.25) is 17.6 Å². The van der Waals surface area contributed by atoms with Crippen molar-refractivity contribution in [2.24, 2.45) is 0 Å². The van der Waals surface area contributed by atoms with Gasteiger partial charge in [-0.05, 0) is 17.7 Å². The number of amides is 1. The van der Waals surface area contributed by atoms with E-state index in [0.29, 0.717) is 6.54 Å². The van der Waals surface area contributed by atoms with Crippen LogP contribution in [-0.2, 0) is 17.8 Å². The molecule has 0 atom stereocenters. The molecular weight excluding hydrogens is 345 g/mol. The average molecular weight is 363 g/mol. The maximum Gasteiger partial charge on any atom is 0.227 e. The molecule has 27 heavy (non-hydrogen) atoms. The molecule has 0 saturated carbocycles. The second-order valence-corrected chi connectivity index (χ2v) is 5.93. The summed E-state index contributed by atoms with van der Waals surface area (Å²) >= 11 is 0. The van der Waals surface area contributed by atoms with Crippen LogP contribution in [0.3, 0.4) is 0 Å². The topological polar surface area (TPSA) is 59.2 Å². The Kier molecular flexibility index (Phi) is 5.95. The van der Waals surface area contributed by atoms with E-state index in [1.54, 1.807) is 23.1 Å². The Morgan fingerprint density at radius 1 is 1.15 bits per heavy atom. The molecule has 0 saturated heterocycles. The number of aryl methyl sites for hydroxylation is 1. The predicted molar refractivity (Wildman–Crippen MR) is 98.7 cm³/mol. The van der Waals surface area contributed by atoms with Gasteiger partial charge in [0.1, 0.15) is 5.82 Å². The predicted octanol–water partition coefficient (Wildman–Crippen LogP) is 3.47. The number of benzene rings is 2. The third-order valence-electron chi connectivity index (χ3n) is 3.99. The van der Waals surface area contributed by atoms with Crippen molar-refractivity contribution >= 4 is 5.91 Å². The number of rotatable bonds is 7. The fourth-order valence-electron chi connectivity index (χ4n) is 2.63. The van der Waals surface area contributed by atoms with Crippen LogP contribution in [0.2, 0.25) is 0 Å². The second kappa shape index (κ2) is 8.77. The molecule has 2 aromatic carbocycles. The highest BCUT2D eigenvalue weighted by Crippen LogP contribution is 2.19. The molecule has 0 aliphatic rings. The fourth-order valence-corrected chi connectivity index (χ4v) is 2.63. The maximum atomic E-state index is 13.8. The first-order valence-electron chi connectivity index (χ1n) is 8.50. The van der Waals surface area contributed by atoms with Crippen molar-refractivity contribution in [1.82, 2.24) is 15.0 Å². The van der Waals surface area contributed by atoms with E-state index >= 15 is 0 Å². The first kappa shape index (κ1) is 18.3. The van der Waals surface area contributed by atoms with E-state index in [1.807, 2.05) is 30.3 Å². The molecule has 136 valence electrons. The molecule has 1 amide bonds. The SMILES string of the molecule is C#CCN(Cc1ccccc1)C(=O)CCc1nc(-c2ccccc2F)no1. The van der Waals surface area contributed by atoms with Crippen molar-refractivity contribution in [1.29, 1.82) is 0 Å². The zero-order chi connectivity index (χ0) is 19.1. The van der Waals surface area contributed by atoms with Gasteiger partial charge in [-0.25, -0.2) is 4.39 Å². The minimum Gasteiger partial charge on any atom is -0.339 e. The Morgan fingerprint density at radius 3 is 2.63 bits per heavy atom. The van der Waals surface area contributed by atoms with Gasteiger partial charge in [0.25, 0.3) is 0 Å². The zero-order valence-electron chi connectivity index (χ0n) is 14.6. The molecule has 0 radical (unpaired) electrons. The van der Waals surface area contributed by atoms with Crippen LogP contribution in [0.5, 0.6) is 0 Å². The summed E-state index contributed by atoms with van der Waals surface area (Å²) in [5.74, 6) is 2.42. The van der Waals surface area contributed by atoms with Crippen LogP contribution < -0.4 is 0 Å². The van der Waals surface area contributed by atoms with Gasteiger partial charge in [0, 0.05) is 19.4 Å². The van der Waals surface area contributed by atoms with Gasteiger partial charge in [-0.15, -0.1) is 6.42 Å². The number of terminal acetylenes is 1. The second-order valence-electron chi connectivity index (χ2n) is 5.93. The van der Waals surface area contributed by atoms with Gasteiger partial charge < -0.3 is 9.42 Å². The number of aromatic nitrogens is 2. The van der Waals surface area contributed by atoms with Crippen molar-refractivity contribution in [2.75, 3.05) is 6.54 Å². The Labute approximate surface area is 156 Å². The molecule has 0 N–H and O–H groups in total. The number of carbonyl (C=O) groups excluding carboxylic acids is 1. The van der Waals surface area contributed by atoms with E-state index < -0.39 is 5.82 Å². The third-order valence-corrected chi connectivity index (χ3v) is 3.99. The molecule has 5 nitrogen and oxygen atoms in total. The molecule has 0 aliphatic heterocycles. The molecule has 3 aromatic rings. The lowest BCUT2D eigenvalue weighted by atomic mass is 10.2. The minimum atomic E-state index is -0.427. The van der Waals surface area contributed by atoms with Crippen LogP contribution in [0, 0.1) is 18.2 Å². The van der Waals surface area contributed by atoms with Gasteiger partial charge in [-0.2, -0.15) is 4.98 Å². The highest BCUT2D eigenvalue weighted by Gasteiger charge is 2.16. The van der Waals surface area contributed by atoms with Crippen LogP contribution in [0.4, 0.5) is 4.39 Å². The summed E-state index contributed by atoms with van der Waals surface area (Å²) < 4.78 is 18.9. The molecule has 1 aromatic heterocycles. The van der Waals surface area contributed by atoms with E-state index in [1.165, 1.54) is 6.07 Å². The van der Waals surface area contributed by atoms with Crippen LogP contribution in [0.25, 0.3) is 11.4 Å². The Bertz CT molecular complexity index is 947. The van der Waals surface area contributed by atoms with Crippen LogP contribution in [0.15, 0.2) is 59.1 Å². The van der Waals surface area contributed by atoms with Gasteiger partial charge >= 0.3 is 0 Å². The molecular formula is C21H18FN3O2. The van der Waals surface area contributed by atoms with E-state index in [9.17, 15) is 9.18 Å². The molecule has 1 heterocycles. The van der Waals surface area contributed by atoms with Crippen molar-refractivity contribution < 1.29 is 13.7 Å². The van der Waals surface area contributed by atoms with Crippen molar-refractivity contribution in [3.8, 4) is 23.7 Å². The quantitative estimate of drug-likeness (QED) is 0.603. The largest absolute Gasteiger partial charge is 0.339 e. The molecule has 0 spiro atoms. The van der Waals surface area contributed by atoms with Gasteiger partial charge in [-0.3, -0.25) is 4.79 Å². The van der Waals surface area contributed by atoms with Crippen LogP contribution in [-0.4, -0.2) is 27.5 Å². The van der Waals surface area contributed by atoms with Gasteiger partial charge in [0.05, 0.1) is 12.1 Å². The molecule has 0 bridgehead atoms. The summed E-state index contributed by atoms with van der Waals surface area (Å²) in [5, 5.41) is 3.79. The monoisotopic (exact) mass is 363 g/mol. The third kappa shape index (κ3) is 4.79. The fraction of sp³-hybridized carbons (Fsp3) is 0.190. The number of carbonyl (C=O) groups is 1. The maximum absolute atomic E-state index is 13.8. The number of nitrogens with zero attached hydrogens (tertiary/aromatic N) is 3. The average Bonchev–Trinajstić information content (AvgIpc) is 3.16. The Hall–Kier alpha value is -3.46. The van der Waals surface area contributed by atoms with E-state index in [4.69, 9.17) is 10.9 Å². The lowest BCUT2D eigenvalue weighted by Gasteiger charge is -2.20. The molecule has 6 heteroatoms. The first-order chi connectivity index (χ1) is 13.2. The van der Waals surface area contributed by atoms with Crippen LogP contribution in [0.1, 0.15) is 17.9 Å². The van der Waals surface area contributed by atoms with Gasteiger partial charge in [-0.1, -0.05) is 53.5 Å². The van der Waals surface area contributed by atoms with Crippen molar-refractivity contribution in [3.05, 3.63) is 71.9 Å². The smallest absolute Gasteiger partial charge is 0.227 e. The summed E-state index contributed by atoms with van der Waals surface area (Å²) in [7, 11) is 0. The first-order valence-corrected chi connectivity index (χ1v) is 8.50. The standard InChI is InChI=1S/C21H18FN3O2/c1-2-14-25(15-16-8-4-3-5-9-16)20(26)13-12-19-23-21(24-27-19)17-10-6-7-11-18(17)22/h1,3-11H,12-15H2. The summed E-state index contributed by atoms with van der Waals surface area (Å²) in [6, 6.07) is 15.8. The molecule has 0 fully saturated rings. The zero-order valence-corrected chi connectivity index (χ0v) is 14.6. The number of hydrogen-bond acceptors (Lipinski definition) is 4. The van der Waals surface area contributed by atoms with Crippen molar-refractivity contribution in [2.45, 2.75) is 19.4 Å². The van der Waals surface area contributed by atoms with E-state index in [-0.39, 0.29) is 42.6 Å². The van der Waals surface area contributed by atoms with Crippen molar-refractivity contribution in [3.63, 3.8) is 0 Å². The number of hydrogen-bond donors (Lipinski definition) is 0. The van der Waals surface area contributed by atoms with Crippen LogP contribution >= 0.6 is 0 Å². The summed E-state index contributed by atoms with van der Waals surface area (Å²) in [4.78, 5) is 18.3. The highest BCUT2D eigenvalue weighted by atomic mass is 19.1. The Morgan fingerprint density at radius 2 is 1.89 bits per heavy atom. The highest BCUT2D eigenvalue weighted by molar-refractivity contribution is 5.76.